The van der Waals surface area contributed by atoms with Gasteiger partial charge in [0.1, 0.15) is 5.00 Å². The summed E-state index contributed by atoms with van der Waals surface area (Å²) in [6.07, 6.45) is 5.99. The molecule has 0 radical (unpaired) electrons. The van der Waals surface area contributed by atoms with Gasteiger partial charge in [-0.25, -0.2) is 0 Å². The van der Waals surface area contributed by atoms with Crippen LogP contribution in [0.2, 0.25) is 5.02 Å². The molecule has 0 aliphatic heterocycles. The van der Waals surface area contributed by atoms with Gasteiger partial charge in [-0.05, 0) is 61.8 Å². The van der Waals surface area contributed by atoms with Gasteiger partial charge in [0.05, 0.1) is 5.56 Å². The standard InChI is InChI=1S/C19H21ClN2O2S/c20-13-10-8-12(9-11-13)4-3-7-16(23)22-19-17(18(21)24)14-5-1-2-6-15(14)25-19/h8-11H,1-7H2,(H2,21,24)(H,22,23). The largest absolute Gasteiger partial charge is 0.365 e. The monoisotopic (exact) mass is 376 g/mol. The number of thiophene rings is 1. The van der Waals surface area contributed by atoms with Gasteiger partial charge >= 0.3 is 0 Å². The third-order valence-corrected chi connectivity index (χ3v) is 5.91. The number of rotatable bonds is 6. The molecule has 2 aromatic rings. The van der Waals surface area contributed by atoms with Crippen molar-refractivity contribution in [1.82, 2.24) is 0 Å². The Labute approximate surface area is 156 Å². The Kier molecular flexibility index (Phi) is 5.76. The number of benzene rings is 1. The topological polar surface area (TPSA) is 72.2 Å². The number of anilines is 1. The van der Waals surface area contributed by atoms with E-state index in [-0.39, 0.29) is 5.91 Å². The Morgan fingerprint density at radius 1 is 1.16 bits per heavy atom. The van der Waals surface area contributed by atoms with Crippen molar-refractivity contribution in [3.63, 3.8) is 0 Å². The van der Waals surface area contributed by atoms with Gasteiger partial charge in [-0.15, -0.1) is 11.3 Å². The Morgan fingerprint density at radius 2 is 1.88 bits per heavy atom. The number of aryl methyl sites for hydroxylation is 2. The fraction of sp³-hybridized carbons (Fsp3) is 0.368. The van der Waals surface area contributed by atoms with Gasteiger partial charge in [-0.2, -0.15) is 0 Å². The van der Waals surface area contributed by atoms with Crippen LogP contribution in [0.5, 0.6) is 0 Å². The molecule has 2 amide bonds. The molecule has 1 aromatic heterocycles. The molecule has 0 bridgehead atoms. The first-order chi connectivity index (χ1) is 12.0. The molecular formula is C19H21ClN2O2S. The number of hydrogen-bond acceptors (Lipinski definition) is 3. The Hall–Kier alpha value is -1.85. The van der Waals surface area contributed by atoms with E-state index < -0.39 is 5.91 Å². The summed E-state index contributed by atoms with van der Waals surface area (Å²) in [5.41, 5.74) is 8.27. The predicted octanol–water partition coefficient (Wildman–Crippen LogP) is 4.34. The van der Waals surface area contributed by atoms with Crippen molar-refractivity contribution in [2.75, 3.05) is 5.32 Å². The van der Waals surface area contributed by atoms with E-state index in [4.69, 9.17) is 17.3 Å². The molecule has 1 heterocycles. The van der Waals surface area contributed by atoms with E-state index in [0.717, 1.165) is 49.7 Å². The van der Waals surface area contributed by atoms with Crippen molar-refractivity contribution >= 4 is 39.8 Å². The lowest BCUT2D eigenvalue weighted by molar-refractivity contribution is -0.116. The van der Waals surface area contributed by atoms with Crippen molar-refractivity contribution in [2.24, 2.45) is 5.73 Å². The van der Waals surface area contributed by atoms with Crippen molar-refractivity contribution in [3.05, 3.63) is 50.9 Å². The molecule has 0 spiro atoms. The van der Waals surface area contributed by atoms with E-state index in [0.29, 0.717) is 22.0 Å². The fourth-order valence-corrected chi connectivity index (χ4v) is 4.64. The van der Waals surface area contributed by atoms with Crippen molar-refractivity contribution in [1.29, 1.82) is 0 Å². The lowest BCUT2D eigenvalue weighted by Gasteiger charge is -2.11. The number of carbonyl (C=O) groups excluding carboxylic acids is 2. The van der Waals surface area contributed by atoms with Crippen molar-refractivity contribution < 1.29 is 9.59 Å². The third-order valence-electron chi connectivity index (χ3n) is 4.45. The van der Waals surface area contributed by atoms with Gasteiger partial charge in [-0.1, -0.05) is 23.7 Å². The summed E-state index contributed by atoms with van der Waals surface area (Å²) in [7, 11) is 0. The number of halogens is 1. The normalized spacial score (nSPS) is 13.3. The van der Waals surface area contributed by atoms with E-state index in [1.807, 2.05) is 24.3 Å². The number of nitrogens with one attached hydrogen (secondary N) is 1. The molecule has 6 heteroatoms. The lowest BCUT2D eigenvalue weighted by Crippen LogP contribution is -2.18. The second-order valence-electron chi connectivity index (χ2n) is 6.31. The molecule has 3 N–H and O–H groups in total. The molecular weight excluding hydrogens is 356 g/mol. The van der Waals surface area contributed by atoms with Crippen LogP contribution in [0.1, 0.15) is 52.0 Å². The van der Waals surface area contributed by atoms with Gasteiger partial charge in [0, 0.05) is 16.3 Å². The highest BCUT2D eigenvalue weighted by atomic mass is 35.5. The molecule has 0 saturated carbocycles. The first-order valence-corrected chi connectivity index (χ1v) is 9.72. The number of carbonyl (C=O) groups is 2. The van der Waals surface area contributed by atoms with Gasteiger partial charge in [0.15, 0.2) is 0 Å². The zero-order valence-corrected chi connectivity index (χ0v) is 15.5. The van der Waals surface area contributed by atoms with Crippen molar-refractivity contribution in [3.8, 4) is 0 Å². The third kappa shape index (κ3) is 4.41. The maximum absolute atomic E-state index is 12.3. The van der Waals surface area contributed by atoms with Gasteiger partial charge in [-0.3, -0.25) is 9.59 Å². The summed E-state index contributed by atoms with van der Waals surface area (Å²) in [6.45, 7) is 0. The Balaban J connectivity index is 1.60. The zero-order chi connectivity index (χ0) is 17.8. The van der Waals surface area contributed by atoms with Crippen LogP contribution >= 0.6 is 22.9 Å². The molecule has 25 heavy (non-hydrogen) atoms. The van der Waals surface area contributed by atoms with E-state index in [2.05, 4.69) is 5.32 Å². The van der Waals surface area contributed by atoms with Crippen LogP contribution in [0.25, 0.3) is 0 Å². The van der Waals surface area contributed by atoms with Crippen LogP contribution in [0.15, 0.2) is 24.3 Å². The summed E-state index contributed by atoms with van der Waals surface area (Å²) in [5.74, 6) is -0.522. The predicted molar refractivity (Wildman–Crippen MR) is 102 cm³/mol. The summed E-state index contributed by atoms with van der Waals surface area (Å²) in [5, 5.41) is 4.23. The Bertz CT molecular complexity index is 783. The van der Waals surface area contributed by atoms with Crippen molar-refractivity contribution in [2.45, 2.75) is 44.9 Å². The lowest BCUT2D eigenvalue weighted by atomic mass is 9.95. The second-order valence-corrected chi connectivity index (χ2v) is 7.85. The molecule has 0 saturated heterocycles. The molecule has 0 atom stereocenters. The molecule has 1 aromatic carbocycles. The van der Waals surface area contributed by atoms with Crippen LogP contribution in [0.4, 0.5) is 5.00 Å². The summed E-state index contributed by atoms with van der Waals surface area (Å²) in [6, 6.07) is 7.65. The summed E-state index contributed by atoms with van der Waals surface area (Å²) < 4.78 is 0. The number of nitrogens with two attached hydrogens (primary N) is 1. The van der Waals surface area contributed by atoms with Gasteiger partial charge in [0.25, 0.3) is 5.91 Å². The minimum atomic E-state index is -0.448. The fourth-order valence-electron chi connectivity index (χ4n) is 3.21. The SMILES string of the molecule is NC(=O)c1c(NC(=O)CCCc2ccc(Cl)cc2)sc2c1CCCC2. The quantitative estimate of drug-likeness (QED) is 0.787. The maximum Gasteiger partial charge on any atom is 0.251 e. The zero-order valence-electron chi connectivity index (χ0n) is 13.9. The maximum atomic E-state index is 12.3. The summed E-state index contributed by atoms with van der Waals surface area (Å²) >= 11 is 7.37. The van der Waals surface area contributed by atoms with E-state index in [1.54, 1.807) is 0 Å². The minimum absolute atomic E-state index is 0.0740. The molecule has 3 rings (SSSR count). The minimum Gasteiger partial charge on any atom is -0.365 e. The van der Waals surface area contributed by atoms with Crippen LogP contribution in [-0.4, -0.2) is 11.8 Å². The number of primary amides is 1. The molecule has 0 fully saturated rings. The highest BCUT2D eigenvalue weighted by molar-refractivity contribution is 7.17. The van der Waals surface area contributed by atoms with E-state index in [1.165, 1.54) is 16.2 Å². The van der Waals surface area contributed by atoms with Gasteiger partial charge < -0.3 is 11.1 Å². The first-order valence-electron chi connectivity index (χ1n) is 8.53. The highest BCUT2D eigenvalue weighted by Crippen LogP contribution is 2.37. The average Bonchev–Trinajstić information content (AvgIpc) is 2.94. The molecule has 1 aliphatic carbocycles. The van der Waals surface area contributed by atoms with Crippen LogP contribution in [-0.2, 0) is 24.1 Å². The highest BCUT2D eigenvalue weighted by Gasteiger charge is 2.24. The number of hydrogen-bond donors (Lipinski definition) is 2. The molecule has 0 unspecified atom stereocenters. The van der Waals surface area contributed by atoms with Crippen LogP contribution in [0.3, 0.4) is 0 Å². The first kappa shape index (κ1) is 18.0. The smallest absolute Gasteiger partial charge is 0.251 e. The van der Waals surface area contributed by atoms with E-state index in [9.17, 15) is 9.59 Å². The Morgan fingerprint density at radius 3 is 2.60 bits per heavy atom. The molecule has 1 aliphatic rings. The number of amides is 2. The van der Waals surface area contributed by atoms with Crippen LogP contribution < -0.4 is 11.1 Å². The number of fused-ring (bicyclic) bond motifs is 1. The second kappa shape index (κ2) is 8.02. The molecule has 132 valence electrons. The van der Waals surface area contributed by atoms with E-state index >= 15 is 0 Å². The average molecular weight is 377 g/mol. The van der Waals surface area contributed by atoms with Gasteiger partial charge in [0.2, 0.25) is 5.91 Å². The summed E-state index contributed by atoms with van der Waals surface area (Å²) in [4.78, 5) is 25.3. The van der Waals surface area contributed by atoms with Crippen LogP contribution in [0, 0.1) is 0 Å². The molecule has 4 nitrogen and oxygen atoms in total.